The maximum Gasteiger partial charge on any atom is 0.126 e. The van der Waals surface area contributed by atoms with Gasteiger partial charge in [0.05, 0.1) is 6.10 Å². The van der Waals surface area contributed by atoms with Gasteiger partial charge in [0.1, 0.15) is 12.4 Å². The molecule has 2 aromatic rings. The molecule has 0 aliphatic heterocycles. The smallest absolute Gasteiger partial charge is 0.126 e. The molecule has 1 aromatic heterocycles. The average Bonchev–Trinajstić information content (AvgIpc) is 2.78. The zero-order valence-corrected chi connectivity index (χ0v) is 11.8. The van der Waals surface area contributed by atoms with E-state index in [4.69, 9.17) is 4.74 Å². The summed E-state index contributed by atoms with van der Waals surface area (Å²) in [6.45, 7) is 2.27. The molecule has 1 aromatic carbocycles. The van der Waals surface area contributed by atoms with Crippen LogP contribution in [-0.4, -0.2) is 5.11 Å². The SMILES string of the molecule is CC(O)c1ccc(Br)cc1OCc1cccs1. The maximum atomic E-state index is 9.66. The summed E-state index contributed by atoms with van der Waals surface area (Å²) >= 11 is 5.07. The number of aliphatic hydroxyl groups excluding tert-OH is 1. The van der Waals surface area contributed by atoms with Gasteiger partial charge in [-0.3, -0.25) is 0 Å². The molecule has 2 rings (SSSR count). The van der Waals surface area contributed by atoms with Crippen molar-refractivity contribution in [2.24, 2.45) is 0 Å². The van der Waals surface area contributed by atoms with Crippen LogP contribution in [0.3, 0.4) is 0 Å². The second kappa shape index (κ2) is 5.67. The standard InChI is InChI=1S/C13H13BrO2S/c1-9(15)12-5-4-10(14)7-13(12)16-8-11-3-2-6-17-11/h2-7,9,15H,8H2,1H3. The topological polar surface area (TPSA) is 29.5 Å². The number of halogens is 1. The first-order valence-corrected chi connectivity index (χ1v) is 6.97. The first-order valence-electron chi connectivity index (χ1n) is 5.29. The molecule has 4 heteroatoms. The molecule has 1 unspecified atom stereocenters. The van der Waals surface area contributed by atoms with Gasteiger partial charge in [-0.25, -0.2) is 0 Å². The van der Waals surface area contributed by atoms with Crippen LogP contribution in [0.4, 0.5) is 0 Å². The molecule has 0 aliphatic carbocycles. The van der Waals surface area contributed by atoms with E-state index in [0.29, 0.717) is 6.61 Å². The minimum atomic E-state index is -0.526. The minimum absolute atomic E-state index is 0.526. The van der Waals surface area contributed by atoms with E-state index in [1.807, 2.05) is 35.7 Å². The largest absolute Gasteiger partial charge is 0.488 e. The van der Waals surface area contributed by atoms with Crippen LogP contribution in [0.5, 0.6) is 5.75 Å². The summed E-state index contributed by atoms with van der Waals surface area (Å²) in [5.41, 5.74) is 0.810. The summed E-state index contributed by atoms with van der Waals surface area (Å²) < 4.78 is 6.69. The molecule has 0 amide bonds. The van der Waals surface area contributed by atoms with Gasteiger partial charge in [-0.2, -0.15) is 0 Å². The number of benzene rings is 1. The van der Waals surface area contributed by atoms with Gasteiger partial charge in [-0.05, 0) is 30.5 Å². The lowest BCUT2D eigenvalue weighted by Crippen LogP contribution is -2.00. The number of aliphatic hydroxyl groups is 1. The quantitative estimate of drug-likeness (QED) is 0.919. The maximum absolute atomic E-state index is 9.66. The fourth-order valence-corrected chi connectivity index (χ4v) is 2.48. The van der Waals surface area contributed by atoms with Gasteiger partial charge in [0.25, 0.3) is 0 Å². The van der Waals surface area contributed by atoms with E-state index in [1.54, 1.807) is 18.3 Å². The lowest BCUT2D eigenvalue weighted by molar-refractivity contribution is 0.190. The van der Waals surface area contributed by atoms with Crippen molar-refractivity contribution in [3.05, 3.63) is 50.6 Å². The fourth-order valence-electron chi connectivity index (χ4n) is 1.52. The Labute approximate surface area is 113 Å². The molecule has 90 valence electrons. The van der Waals surface area contributed by atoms with Gasteiger partial charge in [-0.15, -0.1) is 11.3 Å². The Hall–Kier alpha value is -0.840. The zero-order chi connectivity index (χ0) is 12.3. The number of thiophene rings is 1. The Bertz CT molecular complexity index is 480. The summed E-state index contributed by atoms with van der Waals surface area (Å²) in [6, 6.07) is 9.69. The predicted molar refractivity (Wildman–Crippen MR) is 73.4 cm³/mol. The highest BCUT2D eigenvalue weighted by Crippen LogP contribution is 2.29. The normalized spacial score (nSPS) is 12.4. The minimum Gasteiger partial charge on any atom is -0.488 e. The van der Waals surface area contributed by atoms with Gasteiger partial charge in [0, 0.05) is 14.9 Å². The summed E-state index contributed by atoms with van der Waals surface area (Å²) in [4.78, 5) is 1.17. The van der Waals surface area contributed by atoms with E-state index in [9.17, 15) is 5.11 Å². The Kier molecular flexibility index (Phi) is 4.20. The third-order valence-corrected chi connectivity index (χ3v) is 3.72. The molecule has 0 spiro atoms. The molecule has 0 fully saturated rings. The van der Waals surface area contributed by atoms with Gasteiger partial charge in [0.2, 0.25) is 0 Å². The molecular formula is C13H13BrO2S. The number of ether oxygens (including phenoxy) is 1. The van der Waals surface area contributed by atoms with E-state index in [2.05, 4.69) is 15.9 Å². The highest BCUT2D eigenvalue weighted by molar-refractivity contribution is 9.10. The predicted octanol–water partition coefficient (Wildman–Crippen LogP) is 4.14. The Morgan fingerprint density at radius 1 is 1.41 bits per heavy atom. The Morgan fingerprint density at radius 2 is 2.24 bits per heavy atom. The number of hydrogen-bond donors (Lipinski definition) is 1. The van der Waals surface area contributed by atoms with Crippen LogP contribution in [-0.2, 0) is 6.61 Å². The van der Waals surface area contributed by atoms with Crippen molar-refractivity contribution >= 4 is 27.3 Å². The molecule has 0 saturated heterocycles. The van der Waals surface area contributed by atoms with E-state index in [-0.39, 0.29) is 0 Å². The molecule has 17 heavy (non-hydrogen) atoms. The lowest BCUT2D eigenvalue weighted by Gasteiger charge is -2.13. The van der Waals surface area contributed by atoms with Crippen LogP contribution in [0.1, 0.15) is 23.5 Å². The van der Waals surface area contributed by atoms with Crippen LogP contribution in [0.15, 0.2) is 40.2 Å². The Morgan fingerprint density at radius 3 is 2.88 bits per heavy atom. The average molecular weight is 313 g/mol. The van der Waals surface area contributed by atoms with Crippen molar-refractivity contribution in [2.45, 2.75) is 19.6 Å². The van der Waals surface area contributed by atoms with E-state index >= 15 is 0 Å². The van der Waals surface area contributed by atoms with Gasteiger partial charge in [-0.1, -0.05) is 28.1 Å². The van der Waals surface area contributed by atoms with Crippen LogP contribution in [0, 0.1) is 0 Å². The van der Waals surface area contributed by atoms with Crippen molar-refractivity contribution in [3.8, 4) is 5.75 Å². The summed E-state index contributed by atoms with van der Waals surface area (Å²) in [5.74, 6) is 0.725. The second-order valence-electron chi connectivity index (χ2n) is 3.73. The lowest BCUT2D eigenvalue weighted by atomic mass is 10.1. The molecule has 2 nitrogen and oxygen atoms in total. The van der Waals surface area contributed by atoms with Crippen molar-refractivity contribution < 1.29 is 9.84 Å². The third kappa shape index (κ3) is 3.31. The molecular weight excluding hydrogens is 300 g/mol. The monoisotopic (exact) mass is 312 g/mol. The van der Waals surface area contributed by atoms with E-state index < -0.39 is 6.10 Å². The van der Waals surface area contributed by atoms with Crippen molar-refractivity contribution in [3.63, 3.8) is 0 Å². The third-order valence-electron chi connectivity index (χ3n) is 2.38. The summed E-state index contributed by atoms with van der Waals surface area (Å²) in [6.07, 6.45) is -0.526. The molecule has 1 heterocycles. The van der Waals surface area contributed by atoms with Crippen LogP contribution in [0.2, 0.25) is 0 Å². The second-order valence-corrected chi connectivity index (χ2v) is 5.67. The molecule has 0 radical (unpaired) electrons. The van der Waals surface area contributed by atoms with Crippen LogP contribution >= 0.6 is 27.3 Å². The van der Waals surface area contributed by atoms with Crippen molar-refractivity contribution in [2.75, 3.05) is 0 Å². The van der Waals surface area contributed by atoms with Crippen LogP contribution < -0.4 is 4.74 Å². The van der Waals surface area contributed by atoms with Gasteiger partial charge >= 0.3 is 0 Å². The Balaban J connectivity index is 2.16. The first-order chi connectivity index (χ1) is 8.16. The fraction of sp³-hybridized carbons (Fsp3) is 0.231. The van der Waals surface area contributed by atoms with Gasteiger partial charge < -0.3 is 9.84 Å². The van der Waals surface area contributed by atoms with E-state index in [0.717, 1.165) is 15.8 Å². The molecule has 0 saturated carbocycles. The summed E-state index contributed by atoms with van der Waals surface area (Å²) in [5, 5.41) is 11.7. The summed E-state index contributed by atoms with van der Waals surface area (Å²) in [7, 11) is 0. The molecule has 0 bridgehead atoms. The van der Waals surface area contributed by atoms with Crippen molar-refractivity contribution in [1.82, 2.24) is 0 Å². The van der Waals surface area contributed by atoms with Crippen LogP contribution in [0.25, 0.3) is 0 Å². The van der Waals surface area contributed by atoms with Gasteiger partial charge in [0.15, 0.2) is 0 Å². The molecule has 1 N–H and O–H groups in total. The molecule has 1 atom stereocenters. The number of rotatable bonds is 4. The highest BCUT2D eigenvalue weighted by Gasteiger charge is 2.10. The van der Waals surface area contributed by atoms with E-state index in [1.165, 1.54) is 4.88 Å². The highest BCUT2D eigenvalue weighted by atomic mass is 79.9. The van der Waals surface area contributed by atoms with Crippen molar-refractivity contribution in [1.29, 1.82) is 0 Å². The molecule has 0 aliphatic rings. The zero-order valence-electron chi connectivity index (χ0n) is 9.39. The number of hydrogen-bond acceptors (Lipinski definition) is 3. The first kappa shape index (κ1) is 12.6.